The van der Waals surface area contributed by atoms with Gasteiger partial charge in [-0.2, -0.15) is 0 Å². The predicted octanol–water partition coefficient (Wildman–Crippen LogP) is 2.18. The van der Waals surface area contributed by atoms with Crippen molar-refractivity contribution in [3.05, 3.63) is 12.7 Å². The molecule has 3 atom stereocenters. The van der Waals surface area contributed by atoms with Gasteiger partial charge >= 0.3 is 0 Å². The summed E-state index contributed by atoms with van der Waals surface area (Å²) in [7, 11) is -1.47. The Morgan fingerprint density at radius 2 is 2.06 bits per heavy atom. The third kappa shape index (κ3) is 4.58. The fourth-order valence-corrected chi connectivity index (χ4v) is 2.36. The van der Waals surface area contributed by atoms with E-state index in [1.165, 1.54) is 0 Å². The molecule has 1 saturated heterocycles. The molecule has 0 aromatic rings. The summed E-state index contributed by atoms with van der Waals surface area (Å²) in [6.45, 7) is 14.4. The Balaban J connectivity index is 2.72. The number of ether oxygens (including phenoxy) is 2. The van der Waals surface area contributed by atoms with Crippen LogP contribution in [0.2, 0.25) is 19.6 Å². The van der Waals surface area contributed by atoms with Crippen molar-refractivity contribution < 1.29 is 14.6 Å². The van der Waals surface area contributed by atoms with E-state index in [4.69, 9.17) is 9.47 Å². The van der Waals surface area contributed by atoms with Crippen LogP contribution in [-0.4, -0.2) is 37.8 Å². The van der Waals surface area contributed by atoms with E-state index in [0.717, 1.165) is 0 Å². The van der Waals surface area contributed by atoms with Gasteiger partial charge in [0.2, 0.25) is 0 Å². The normalized spacial score (nSPS) is 26.0. The summed E-state index contributed by atoms with van der Waals surface area (Å²) in [6, 6.07) is 0. The van der Waals surface area contributed by atoms with E-state index >= 15 is 0 Å². The highest BCUT2D eigenvalue weighted by molar-refractivity contribution is 6.83. The summed E-state index contributed by atoms with van der Waals surface area (Å²) in [4.78, 5) is 0. The van der Waals surface area contributed by atoms with Crippen LogP contribution in [-0.2, 0) is 9.47 Å². The zero-order chi connectivity index (χ0) is 14.0. The molecule has 0 aromatic heterocycles. The quantitative estimate of drug-likeness (QED) is 0.484. The van der Waals surface area contributed by atoms with Gasteiger partial charge in [-0.25, -0.2) is 0 Å². The molecule has 0 radical (unpaired) electrons. The second-order valence-electron chi connectivity index (χ2n) is 6.14. The Labute approximate surface area is 111 Å². The Hall–Kier alpha value is -0.603. The lowest BCUT2D eigenvalue weighted by atomic mass is 9.97. The number of rotatable bonds is 3. The summed E-state index contributed by atoms with van der Waals surface area (Å²) in [5, 5.41) is 10.1. The molecule has 0 aromatic carbocycles. The molecule has 3 nitrogen and oxygen atoms in total. The van der Waals surface area contributed by atoms with Gasteiger partial charge in [0.1, 0.15) is 14.2 Å². The van der Waals surface area contributed by atoms with E-state index in [-0.39, 0.29) is 12.0 Å². The van der Waals surface area contributed by atoms with E-state index in [2.05, 4.69) is 37.7 Å². The van der Waals surface area contributed by atoms with Crippen molar-refractivity contribution in [1.29, 1.82) is 0 Å². The smallest absolute Gasteiger partial charge is 0.163 e. The van der Waals surface area contributed by atoms with Crippen LogP contribution in [0.1, 0.15) is 13.8 Å². The number of hydrogen-bond acceptors (Lipinski definition) is 3. The van der Waals surface area contributed by atoms with Crippen molar-refractivity contribution in [2.45, 2.75) is 51.5 Å². The van der Waals surface area contributed by atoms with Crippen LogP contribution < -0.4 is 0 Å². The van der Waals surface area contributed by atoms with Crippen LogP contribution in [0.4, 0.5) is 0 Å². The second kappa shape index (κ2) is 5.58. The standard InChI is InChI=1S/C14H24O3Si/c1-7-11(12(15)8-9-18(4,5)6)13-10-16-14(2,3)17-13/h7,11-13,15H,1,10H2,2-6H3/t11-,12-,13-/m1/s1. The van der Waals surface area contributed by atoms with E-state index in [1.807, 2.05) is 13.8 Å². The van der Waals surface area contributed by atoms with E-state index in [0.29, 0.717) is 6.61 Å². The van der Waals surface area contributed by atoms with Gasteiger partial charge in [0.15, 0.2) is 5.79 Å². The number of aliphatic hydroxyl groups is 1. The molecule has 0 saturated carbocycles. The monoisotopic (exact) mass is 268 g/mol. The lowest BCUT2D eigenvalue weighted by molar-refractivity contribution is -0.145. The highest BCUT2D eigenvalue weighted by Crippen LogP contribution is 2.28. The Bertz CT molecular complexity index is 359. The van der Waals surface area contributed by atoms with Crippen LogP contribution >= 0.6 is 0 Å². The van der Waals surface area contributed by atoms with Crippen molar-refractivity contribution in [3.63, 3.8) is 0 Å². The maximum atomic E-state index is 10.1. The molecule has 0 amide bonds. The highest BCUT2D eigenvalue weighted by Gasteiger charge is 2.38. The molecule has 1 aliphatic rings. The molecule has 0 bridgehead atoms. The summed E-state index contributed by atoms with van der Waals surface area (Å²) in [5.74, 6) is 2.14. The first-order valence-corrected chi connectivity index (χ1v) is 9.80. The second-order valence-corrected chi connectivity index (χ2v) is 10.9. The SMILES string of the molecule is C=C[C@H]([C@H](O)C#C[Si](C)(C)C)[C@H]1COC(C)(C)O1. The average Bonchev–Trinajstić information content (AvgIpc) is 2.56. The third-order valence-corrected chi connectivity index (χ3v) is 3.59. The molecule has 1 fully saturated rings. The van der Waals surface area contributed by atoms with E-state index < -0.39 is 20.0 Å². The molecule has 4 heteroatoms. The van der Waals surface area contributed by atoms with Crippen molar-refractivity contribution in [2.75, 3.05) is 6.61 Å². The first-order valence-electron chi connectivity index (χ1n) is 6.30. The minimum Gasteiger partial charge on any atom is -0.380 e. The summed E-state index contributed by atoms with van der Waals surface area (Å²) < 4.78 is 11.3. The topological polar surface area (TPSA) is 38.7 Å². The minimum absolute atomic E-state index is 0.177. The molecular formula is C14H24O3Si. The molecular weight excluding hydrogens is 244 g/mol. The van der Waals surface area contributed by atoms with Crippen LogP contribution in [0.25, 0.3) is 0 Å². The van der Waals surface area contributed by atoms with Crippen LogP contribution in [0, 0.1) is 17.4 Å². The number of aliphatic hydroxyl groups excluding tert-OH is 1. The maximum absolute atomic E-state index is 10.1. The van der Waals surface area contributed by atoms with Gasteiger partial charge in [-0.1, -0.05) is 31.6 Å². The zero-order valence-corrected chi connectivity index (χ0v) is 13.0. The lowest BCUT2D eigenvalue weighted by Gasteiger charge is -2.23. The molecule has 1 aliphatic heterocycles. The van der Waals surface area contributed by atoms with Gasteiger partial charge in [0, 0.05) is 5.92 Å². The fourth-order valence-electron chi connectivity index (χ4n) is 1.78. The first-order chi connectivity index (χ1) is 8.14. The van der Waals surface area contributed by atoms with E-state index in [9.17, 15) is 5.11 Å². The van der Waals surface area contributed by atoms with Gasteiger partial charge in [0.05, 0.1) is 12.7 Å². The van der Waals surface area contributed by atoms with Crippen LogP contribution in [0.3, 0.4) is 0 Å². The molecule has 0 unspecified atom stereocenters. The zero-order valence-electron chi connectivity index (χ0n) is 12.0. The van der Waals surface area contributed by atoms with Crippen molar-refractivity contribution in [2.24, 2.45) is 5.92 Å². The molecule has 1 N–H and O–H groups in total. The minimum atomic E-state index is -1.47. The van der Waals surface area contributed by atoms with Gasteiger partial charge in [0.25, 0.3) is 0 Å². The summed E-state index contributed by atoms with van der Waals surface area (Å²) >= 11 is 0. The summed E-state index contributed by atoms with van der Waals surface area (Å²) in [5.41, 5.74) is 3.18. The maximum Gasteiger partial charge on any atom is 0.163 e. The lowest BCUT2D eigenvalue weighted by Crippen LogP contribution is -2.33. The van der Waals surface area contributed by atoms with Gasteiger partial charge in [-0.05, 0) is 13.8 Å². The largest absolute Gasteiger partial charge is 0.380 e. The van der Waals surface area contributed by atoms with Gasteiger partial charge < -0.3 is 14.6 Å². The van der Waals surface area contributed by atoms with Crippen molar-refractivity contribution in [1.82, 2.24) is 0 Å². The summed E-state index contributed by atoms with van der Waals surface area (Å²) in [6.07, 6.45) is 0.791. The van der Waals surface area contributed by atoms with Crippen molar-refractivity contribution >= 4 is 8.07 Å². The predicted molar refractivity (Wildman–Crippen MR) is 75.7 cm³/mol. The van der Waals surface area contributed by atoms with Crippen LogP contribution in [0.5, 0.6) is 0 Å². The highest BCUT2D eigenvalue weighted by atomic mass is 28.3. The molecule has 0 spiro atoms. The molecule has 102 valence electrons. The fraction of sp³-hybridized carbons (Fsp3) is 0.714. The molecule has 18 heavy (non-hydrogen) atoms. The third-order valence-electron chi connectivity index (χ3n) is 2.69. The first kappa shape index (κ1) is 15.5. The Kier molecular flexibility index (Phi) is 4.79. The molecule has 1 rings (SSSR count). The van der Waals surface area contributed by atoms with E-state index in [1.54, 1.807) is 6.08 Å². The molecule has 1 heterocycles. The Morgan fingerprint density at radius 1 is 1.44 bits per heavy atom. The van der Waals surface area contributed by atoms with Gasteiger partial charge in [-0.3, -0.25) is 0 Å². The van der Waals surface area contributed by atoms with Gasteiger partial charge in [-0.15, -0.1) is 12.1 Å². The van der Waals surface area contributed by atoms with Crippen LogP contribution in [0.15, 0.2) is 12.7 Å². The number of hydrogen-bond donors (Lipinski definition) is 1. The van der Waals surface area contributed by atoms with Crippen molar-refractivity contribution in [3.8, 4) is 11.5 Å². The average molecular weight is 268 g/mol. The molecule has 0 aliphatic carbocycles. The Morgan fingerprint density at radius 3 is 2.44 bits per heavy atom.